The van der Waals surface area contributed by atoms with Crippen LogP contribution in [0.4, 0.5) is 0 Å². The Balaban J connectivity index is 0.000000481. The minimum atomic E-state index is -4.00. The van der Waals surface area contributed by atoms with Crippen LogP contribution in [0.1, 0.15) is 79.1 Å². The molecule has 6 nitrogen and oxygen atoms in total. The van der Waals surface area contributed by atoms with Crippen molar-refractivity contribution < 1.29 is 23.1 Å². The van der Waals surface area contributed by atoms with Crippen molar-refractivity contribution in [3.63, 3.8) is 0 Å². The molecule has 0 aliphatic rings. The molecule has 0 saturated carbocycles. The lowest BCUT2D eigenvalue weighted by atomic mass is 10.3. The maximum absolute atomic E-state index is 11.0. The summed E-state index contributed by atoms with van der Waals surface area (Å²) in [5.74, 6) is 0. The van der Waals surface area contributed by atoms with E-state index in [1.807, 2.05) is 13.8 Å². The molecular formula is C19H39N2O4P. The molecule has 0 spiro atoms. The van der Waals surface area contributed by atoms with E-state index in [0.29, 0.717) is 0 Å². The number of nitrogens with zero attached hydrogens (tertiary/aromatic N) is 2. The van der Waals surface area contributed by atoms with Gasteiger partial charge < -0.3 is 13.9 Å². The number of rotatable bonds is 14. The molecule has 1 aromatic rings. The zero-order valence-electron chi connectivity index (χ0n) is 17.2. The van der Waals surface area contributed by atoms with E-state index in [1.165, 1.54) is 25.7 Å². The van der Waals surface area contributed by atoms with E-state index in [1.54, 1.807) is 0 Å². The lowest BCUT2D eigenvalue weighted by molar-refractivity contribution is -0.696. The molecule has 0 radical (unpaired) electrons. The molecule has 154 valence electrons. The molecule has 0 amide bonds. The third kappa shape index (κ3) is 14.5. The van der Waals surface area contributed by atoms with E-state index < -0.39 is 7.82 Å². The van der Waals surface area contributed by atoms with Gasteiger partial charge in [0.2, 0.25) is 6.33 Å². The van der Waals surface area contributed by atoms with Crippen LogP contribution >= 0.6 is 7.82 Å². The fraction of sp³-hybridized carbons (Fsp3) is 0.842. The number of aryl methyl sites for hydroxylation is 2. The maximum atomic E-state index is 11.0. The number of imidazole rings is 1. The number of phosphoric acid groups is 1. The van der Waals surface area contributed by atoms with E-state index in [0.717, 1.165) is 38.8 Å². The molecule has 1 heterocycles. The lowest BCUT2D eigenvalue weighted by Gasteiger charge is -2.22. The summed E-state index contributed by atoms with van der Waals surface area (Å²) in [7, 11) is -4.00. The van der Waals surface area contributed by atoms with E-state index in [9.17, 15) is 9.46 Å². The van der Waals surface area contributed by atoms with Gasteiger partial charge in [0.15, 0.2) is 0 Å². The van der Waals surface area contributed by atoms with Gasteiger partial charge in [-0.1, -0.05) is 53.4 Å². The standard InChI is InChI=1S/C11H21N2.C8H19O4P/c1-3-5-7-12-9-10-13(11-12)8-6-4-2;1-3-5-7-11-13(9,10)12-8-6-4-2/h9-11H,3-8H2,1-2H3;3-8H2,1-2H3,(H,9,10)/q+1;/p-1. The summed E-state index contributed by atoms with van der Waals surface area (Å²) >= 11 is 0. The predicted molar refractivity (Wildman–Crippen MR) is 104 cm³/mol. The average Bonchev–Trinajstić information content (AvgIpc) is 3.07. The molecule has 0 atom stereocenters. The SMILES string of the molecule is CCCCOP(=O)([O-])OCCCC.CCCCn1cc[n+](CCCC)c1. The molecule has 0 unspecified atom stereocenters. The molecule has 0 saturated heterocycles. The van der Waals surface area contributed by atoms with Crippen molar-refractivity contribution in [3.8, 4) is 0 Å². The number of hydrogen-bond donors (Lipinski definition) is 0. The van der Waals surface area contributed by atoms with Gasteiger partial charge in [0.25, 0.3) is 7.82 Å². The zero-order valence-corrected chi connectivity index (χ0v) is 18.1. The summed E-state index contributed by atoms with van der Waals surface area (Å²) < 4.78 is 24.7. The second-order valence-electron chi connectivity index (χ2n) is 6.42. The van der Waals surface area contributed by atoms with Gasteiger partial charge in [0.1, 0.15) is 12.4 Å². The van der Waals surface area contributed by atoms with Crippen LogP contribution in [0.2, 0.25) is 0 Å². The zero-order chi connectivity index (χ0) is 19.7. The predicted octanol–water partition coefficient (Wildman–Crippen LogP) is 4.46. The largest absolute Gasteiger partial charge is 0.756 e. The average molecular weight is 391 g/mol. The number of hydrogen-bond acceptors (Lipinski definition) is 4. The fourth-order valence-electron chi connectivity index (χ4n) is 2.06. The van der Waals surface area contributed by atoms with Crippen molar-refractivity contribution in [2.75, 3.05) is 13.2 Å². The molecule has 0 aliphatic carbocycles. The second-order valence-corrected chi connectivity index (χ2v) is 7.83. The second kappa shape index (κ2) is 16.5. The quantitative estimate of drug-likeness (QED) is 0.267. The van der Waals surface area contributed by atoms with Gasteiger partial charge >= 0.3 is 0 Å². The highest BCUT2D eigenvalue weighted by molar-refractivity contribution is 7.45. The lowest BCUT2D eigenvalue weighted by Crippen LogP contribution is -2.30. The highest BCUT2D eigenvalue weighted by Crippen LogP contribution is 2.38. The maximum Gasteiger partial charge on any atom is 0.267 e. The van der Waals surface area contributed by atoms with Crippen LogP contribution in [0.25, 0.3) is 0 Å². The van der Waals surface area contributed by atoms with Crippen molar-refractivity contribution in [2.45, 2.75) is 92.2 Å². The van der Waals surface area contributed by atoms with Crippen LogP contribution in [-0.4, -0.2) is 17.8 Å². The first kappa shape index (κ1) is 25.3. The third-order valence-corrected chi connectivity index (χ3v) is 4.78. The first-order valence-corrected chi connectivity index (χ1v) is 11.6. The molecule has 7 heteroatoms. The third-order valence-electron chi connectivity index (χ3n) is 3.78. The van der Waals surface area contributed by atoms with Gasteiger partial charge in [-0.25, -0.2) is 9.13 Å². The topological polar surface area (TPSA) is 67.4 Å². The minimum absolute atomic E-state index is 0.226. The van der Waals surface area contributed by atoms with Gasteiger partial charge in [0, 0.05) is 0 Å². The fourth-order valence-corrected chi connectivity index (χ4v) is 2.84. The van der Waals surface area contributed by atoms with Crippen molar-refractivity contribution in [3.05, 3.63) is 18.7 Å². The highest BCUT2D eigenvalue weighted by Gasteiger charge is 2.07. The Hall–Kier alpha value is -0.680. The highest BCUT2D eigenvalue weighted by atomic mass is 31.2. The minimum Gasteiger partial charge on any atom is -0.756 e. The van der Waals surface area contributed by atoms with Crippen LogP contribution in [-0.2, 0) is 26.7 Å². The van der Waals surface area contributed by atoms with Crippen molar-refractivity contribution in [2.24, 2.45) is 0 Å². The number of unbranched alkanes of at least 4 members (excludes halogenated alkanes) is 4. The number of aromatic nitrogens is 2. The van der Waals surface area contributed by atoms with Crippen molar-refractivity contribution in [1.29, 1.82) is 0 Å². The van der Waals surface area contributed by atoms with Crippen LogP contribution in [0.5, 0.6) is 0 Å². The monoisotopic (exact) mass is 390 g/mol. The Morgan fingerprint density at radius 2 is 1.46 bits per heavy atom. The Bertz CT molecular complexity index is 443. The van der Waals surface area contributed by atoms with Crippen molar-refractivity contribution in [1.82, 2.24) is 4.57 Å². The number of phosphoric ester groups is 1. The summed E-state index contributed by atoms with van der Waals surface area (Å²) in [5.41, 5.74) is 0. The normalized spacial score (nSPS) is 11.3. The summed E-state index contributed by atoms with van der Waals surface area (Å²) in [4.78, 5) is 11.0. The molecule has 0 bridgehead atoms. The molecule has 0 aromatic carbocycles. The summed E-state index contributed by atoms with van der Waals surface area (Å²) in [6.45, 7) is 11.2. The van der Waals surface area contributed by atoms with E-state index >= 15 is 0 Å². The molecule has 0 N–H and O–H groups in total. The van der Waals surface area contributed by atoms with E-state index in [-0.39, 0.29) is 13.2 Å². The van der Waals surface area contributed by atoms with Crippen LogP contribution in [0.15, 0.2) is 18.7 Å². The van der Waals surface area contributed by atoms with Gasteiger partial charge in [0.05, 0.1) is 26.3 Å². The molecule has 0 fully saturated rings. The molecule has 1 rings (SSSR count). The molecular weight excluding hydrogens is 351 g/mol. The van der Waals surface area contributed by atoms with Gasteiger partial charge in [-0.15, -0.1) is 0 Å². The molecule has 0 aliphatic heterocycles. The first-order valence-electron chi connectivity index (χ1n) is 10.1. The smallest absolute Gasteiger partial charge is 0.267 e. The van der Waals surface area contributed by atoms with Gasteiger partial charge in [-0.3, -0.25) is 4.57 Å². The Labute approximate surface area is 160 Å². The van der Waals surface area contributed by atoms with Crippen LogP contribution in [0.3, 0.4) is 0 Å². The summed E-state index contributed by atoms with van der Waals surface area (Å²) in [5, 5.41) is 0. The Morgan fingerprint density at radius 3 is 1.96 bits per heavy atom. The Morgan fingerprint density at radius 1 is 0.923 bits per heavy atom. The summed E-state index contributed by atoms with van der Waals surface area (Å²) in [6, 6.07) is 0. The Kier molecular flexibility index (Phi) is 16.1. The first-order chi connectivity index (χ1) is 12.5. The molecule has 1 aromatic heterocycles. The summed E-state index contributed by atoms with van der Waals surface area (Å²) in [6.07, 6.45) is 15.0. The van der Waals surface area contributed by atoms with Gasteiger partial charge in [-0.05, 0) is 25.7 Å². The molecule has 26 heavy (non-hydrogen) atoms. The van der Waals surface area contributed by atoms with Crippen LogP contribution in [0, 0.1) is 0 Å². The van der Waals surface area contributed by atoms with E-state index in [4.69, 9.17) is 0 Å². The van der Waals surface area contributed by atoms with Crippen molar-refractivity contribution >= 4 is 7.82 Å². The van der Waals surface area contributed by atoms with E-state index in [2.05, 4.69) is 50.8 Å². The van der Waals surface area contributed by atoms with Crippen LogP contribution < -0.4 is 9.46 Å². The van der Waals surface area contributed by atoms with Gasteiger partial charge in [-0.2, -0.15) is 0 Å².